The Morgan fingerprint density at radius 3 is 2.50 bits per heavy atom. The van der Waals surface area contributed by atoms with E-state index in [0.717, 1.165) is 19.0 Å². The Labute approximate surface area is 129 Å². The summed E-state index contributed by atoms with van der Waals surface area (Å²) in [4.78, 5) is 12.2. The Kier molecular flexibility index (Phi) is 5.09. The molecule has 2 aromatic carbocycles. The van der Waals surface area contributed by atoms with Crippen molar-refractivity contribution in [3.63, 3.8) is 0 Å². The Hall–Kier alpha value is -2.88. The number of carbonyl (C=O) groups is 1. The van der Waals surface area contributed by atoms with E-state index in [4.69, 9.17) is 9.90 Å². The number of imidazole rings is 1. The first-order chi connectivity index (χ1) is 10.6. The summed E-state index contributed by atoms with van der Waals surface area (Å²) >= 11 is 0. The lowest BCUT2D eigenvalue weighted by atomic mass is 10.1. The zero-order valence-corrected chi connectivity index (χ0v) is 12.5. The molecule has 1 aromatic heterocycles. The van der Waals surface area contributed by atoms with E-state index in [1.54, 1.807) is 0 Å². The second kappa shape index (κ2) is 7.22. The van der Waals surface area contributed by atoms with Crippen molar-refractivity contribution in [1.29, 1.82) is 0 Å². The summed E-state index contributed by atoms with van der Waals surface area (Å²) in [5.41, 5.74) is 4.84. The lowest BCUT2D eigenvalue weighted by Gasteiger charge is -2.00. The predicted octanol–water partition coefficient (Wildman–Crippen LogP) is 1.90. The van der Waals surface area contributed by atoms with E-state index in [1.165, 1.54) is 16.6 Å². The number of hydrogen-bond acceptors (Lipinski definition) is 2. The number of aliphatic carboxylic acids is 1. The van der Waals surface area contributed by atoms with E-state index in [9.17, 15) is 0 Å². The number of aromatic amines is 1. The quantitative estimate of drug-likeness (QED) is 0.750. The molecule has 3 aromatic rings. The Balaban J connectivity index is 0.000000396. The molecule has 4 nitrogen and oxygen atoms in total. The van der Waals surface area contributed by atoms with Gasteiger partial charge in [-0.25, -0.2) is 9.55 Å². The molecule has 0 unspecified atom stereocenters. The fourth-order valence-corrected chi connectivity index (χ4v) is 2.15. The molecule has 0 spiro atoms. The first kappa shape index (κ1) is 15.5. The van der Waals surface area contributed by atoms with Crippen molar-refractivity contribution >= 4 is 23.1 Å². The second-order valence-corrected chi connectivity index (χ2v) is 4.86. The first-order valence-corrected chi connectivity index (χ1v) is 6.94. The van der Waals surface area contributed by atoms with E-state index in [0.29, 0.717) is 0 Å². The number of para-hydroxylation sites is 2. The van der Waals surface area contributed by atoms with Crippen LogP contribution in [-0.2, 0) is 11.3 Å². The molecule has 22 heavy (non-hydrogen) atoms. The minimum atomic E-state index is -1.08. The zero-order valence-electron chi connectivity index (χ0n) is 12.5. The van der Waals surface area contributed by atoms with Crippen molar-refractivity contribution in [2.45, 2.75) is 13.5 Å². The number of rotatable bonds is 3. The van der Waals surface area contributed by atoms with Gasteiger partial charge in [0.05, 0.1) is 0 Å². The average Bonchev–Trinajstić information content (AvgIpc) is 2.91. The molecule has 1 heterocycles. The summed E-state index contributed by atoms with van der Waals surface area (Å²) in [6, 6.07) is 16.8. The first-order valence-electron chi connectivity index (χ1n) is 6.94. The molecule has 3 rings (SSSR count). The van der Waals surface area contributed by atoms with Crippen molar-refractivity contribution in [3.8, 4) is 0 Å². The predicted molar refractivity (Wildman–Crippen MR) is 84.8 cm³/mol. The third-order valence-corrected chi connectivity index (χ3v) is 3.16. The molecular weight excluding hydrogens is 276 g/mol. The van der Waals surface area contributed by atoms with Crippen LogP contribution in [0.4, 0.5) is 0 Å². The molecule has 1 N–H and O–H groups in total. The number of nitrogens with zero attached hydrogens (tertiary/aromatic N) is 1. The van der Waals surface area contributed by atoms with Crippen LogP contribution in [0.2, 0.25) is 0 Å². The van der Waals surface area contributed by atoms with Gasteiger partial charge in [-0.15, -0.1) is 0 Å². The highest BCUT2D eigenvalue weighted by Crippen LogP contribution is 2.08. The smallest absolute Gasteiger partial charge is 0.242 e. The molecular formula is C18H18N2O2. The number of fused-ring (bicyclic) bond motifs is 1. The van der Waals surface area contributed by atoms with Gasteiger partial charge in [0.15, 0.2) is 11.0 Å². The van der Waals surface area contributed by atoms with Crippen molar-refractivity contribution in [1.82, 2.24) is 4.98 Å². The molecule has 0 fully saturated rings. The number of hydrogen-bond donors (Lipinski definition) is 1. The Morgan fingerprint density at radius 2 is 1.86 bits per heavy atom. The molecule has 0 aliphatic carbocycles. The van der Waals surface area contributed by atoms with Crippen LogP contribution in [-0.4, -0.2) is 11.0 Å². The maximum Gasteiger partial charge on any atom is 0.242 e. The number of carboxylic acid groups (broad SMARTS) is 1. The van der Waals surface area contributed by atoms with Crippen LogP contribution in [0.1, 0.15) is 18.1 Å². The van der Waals surface area contributed by atoms with E-state index in [-0.39, 0.29) is 0 Å². The molecule has 112 valence electrons. The summed E-state index contributed by atoms with van der Waals surface area (Å²) in [5, 5.41) is 8.89. The van der Waals surface area contributed by atoms with Crippen molar-refractivity contribution in [2.75, 3.05) is 0 Å². The second-order valence-electron chi connectivity index (χ2n) is 4.86. The Morgan fingerprint density at radius 1 is 1.23 bits per heavy atom. The maximum atomic E-state index is 8.89. The summed E-state index contributed by atoms with van der Waals surface area (Å²) in [6.45, 7) is 5.62. The highest BCUT2D eigenvalue weighted by Gasteiger charge is 2.08. The molecule has 0 aliphatic heterocycles. The largest absolute Gasteiger partial charge is 0.550 e. The van der Waals surface area contributed by atoms with Crippen molar-refractivity contribution in [2.24, 2.45) is 0 Å². The molecule has 0 saturated carbocycles. The van der Waals surface area contributed by atoms with Crippen molar-refractivity contribution in [3.05, 3.63) is 72.6 Å². The van der Waals surface area contributed by atoms with Crippen LogP contribution < -0.4 is 9.67 Å². The van der Waals surface area contributed by atoms with Gasteiger partial charge in [0.25, 0.3) is 0 Å². The minimum absolute atomic E-state index is 0.876. The third-order valence-electron chi connectivity index (χ3n) is 3.16. The summed E-state index contributed by atoms with van der Waals surface area (Å²) < 4.78 is 2.22. The summed E-state index contributed by atoms with van der Waals surface area (Å²) in [6.07, 6.45) is 3.88. The normalized spacial score (nSPS) is 9.86. The molecule has 4 heteroatoms. The standard InChI is InChI=1S/C16H14N2.C2H4O2/c1-2-13-7-9-14(10-8-13)11-18-12-17-15-5-3-4-6-16(15)18;1-2(3)4/h2-10,12H,1,11H2;1H3,(H,3,4). The van der Waals surface area contributed by atoms with Crippen LogP contribution in [0.3, 0.4) is 0 Å². The number of carboxylic acids is 1. The van der Waals surface area contributed by atoms with Gasteiger partial charge in [0.1, 0.15) is 6.54 Å². The number of H-pyrrole nitrogens is 1. The summed E-state index contributed by atoms with van der Waals surface area (Å²) in [7, 11) is 0. The van der Waals surface area contributed by atoms with Gasteiger partial charge >= 0.3 is 0 Å². The van der Waals surface area contributed by atoms with Gasteiger partial charge in [-0.1, -0.05) is 49.1 Å². The van der Waals surface area contributed by atoms with Crippen LogP contribution in [0.15, 0.2) is 61.4 Å². The number of carbonyl (C=O) groups excluding carboxylic acids is 1. The number of nitrogens with one attached hydrogen (secondary N) is 1. The van der Waals surface area contributed by atoms with E-state index in [1.807, 2.05) is 18.5 Å². The van der Waals surface area contributed by atoms with Gasteiger partial charge in [0, 0.05) is 5.97 Å². The van der Waals surface area contributed by atoms with Crippen molar-refractivity contribution < 1.29 is 14.5 Å². The number of aromatic nitrogens is 2. The van der Waals surface area contributed by atoms with Crippen LogP contribution >= 0.6 is 0 Å². The number of benzene rings is 2. The molecule has 0 atom stereocenters. The van der Waals surface area contributed by atoms with Crippen LogP contribution in [0, 0.1) is 0 Å². The third kappa shape index (κ3) is 4.06. The minimum Gasteiger partial charge on any atom is -0.550 e. The van der Waals surface area contributed by atoms with Gasteiger partial charge < -0.3 is 9.90 Å². The van der Waals surface area contributed by atoms with E-state index >= 15 is 0 Å². The lowest BCUT2D eigenvalue weighted by Crippen LogP contribution is -2.32. The SMILES string of the molecule is C=Cc1ccc(C[n+]2c[nH]c3ccccc32)cc1.CC(=O)[O-]. The fraction of sp³-hybridized carbons (Fsp3) is 0.111. The van der Waals surface area contributed by atoms with Crippen LogP contribution in [0.5, 0.6) is 0 Å². The van der Waals surface area contributed by atoms with Gasteiger partial charge in [-0.3, -0.25) is 0 Å². The Bertz CT molecular complexity index is 769. The molecule has 0 radical (unpaired) electrons. The highest BCUT2D eigenvalue weighted by atomic mass is 16.4. The van der Waals surface area contributed by atoms with Gasteiger partial charge in [-0.2, -0.15) is 0 Å². The molecule has 0 amide bonds. The molecule has 0 saturated heterocycles. The van der Waals surface area contributed by atoms with E-state index < -0.39 is 5.97 Å². The van der Waals surface area contributed by atoms with Gasteiger partial charge in [-0.05, 0) is 30.2 Å². The summed E-state index contributed by atoms with van der Waals surface area (Å²) in [5.74, 6) is -1.08. The maximum absolute atomic E-state index is 8.89. The highest BCUT2D eigenvalue weighted by molar-refractivity contribution is 5.70. The van der Waals surface area contributed by atoms with Crippen LogP contribution in [0.25, 0.3) is 17.1 Å². The lowest BCUT2D eigenvalue weighted by molar-refractivity contribution is -0.662. The monoisotopic (exact) mass is 294 g/mol. The van der Waals surface area contributed by atoms with Gasteiger partial charge in [0.2, 0.25) is 6.33 Å². The zero-order chi connectivity index (χ0) is 15.9. The molecule has 0 bridgehead atoms. The van der Waals surface area contributed by atoms with E-state index in [2.05, 4.69) is 58.6 Å². The topological polar surface area (TPSA) is 59.8 Å². The average molecular weight is 294 g/mol. The fourth-order valence-electron chi connectivity index (χ4n) is 2.15. The molecule has 0 aliphatic rings.